The van der Waals surface area contributed by atoms with Gasteiger partial charge >= 0.3 is 0 Å². The first-order valence-corrected chi connectivity index (χ1v) is 10.7. The number of nitrogens with zero attached hydrogens (tertiary/aromatic N) is 1. The van der Waals surface area contributed by atoms with Crippen LogP contribution in [0.2, 0.25) is 0 Å². The number of fused-ring (bicyclic) bond motifs is 1. The van der Waals surface area contributed by atoms with Crippen LogP contribution in [0.15, 0.2) is 60.2 Å². The molecule has 1 saturated heterocycles. The molecule has 28 heavy (non-hydrogen) atoms. The lowest BCUT2D eigenvalue weighted by Gasteiger charge is -2.30. The molecule has 0 amide bonds. The van der Waals surface area contributed by atoms with Gasteiger partial charge in [-0.15, -0.1) is 0 Å². The minimum absolute atomic E-state index is 0.128. The van der Waals surface area contributed by atoms with Crippen LogP contribution >= 0.6 is 0 Å². The van der Waals surface area contributed by atoms with Gasteiger partial charge in [-0.1, -0.05) is 61.9 Å². The largest absolute Gasteiger partial charge is 0.387 e. The molecule has 3 nitrogen and oxygen atoms in total. The summed E-state index contributed by atoms with van der Waals surface area (Å²) < 4.78 is 0. The molecule has 2 aromatic carbocycles. The summed E-state index contributed by atoms with van der Waals surface area (Å²) in [5, 5.41) is 14.8. The predicted octanol–water partition coefficient (Wildman–Crippen LogP) is 4.41. The molecule has 2 N–H and O–H groups in total. The highest BCUT2D eigenvalue weighted by Gasteiger charge is 2.29. The smallest absolute Gasteiger partial charge is 0.0907 e. The summed E-state index contributed by atoms with van der Waals surface area (Å²) in [7, 11) is 2.17. The summed E-state index contributed by atoms with van der Waals surface area (Å²) in [5.74, 6) is 0. The lowest BCUT2D eigenvalue weighted by Crippen LogP contribution is -2.44. The van der Waals surface area contributed by atoms with Gasteiger partial charge in [-0.05, 0) is 60.6 Å². The Labute approximate surface area is 169 Å². The van der Waals surface area contributed by atoms with Crippen molar-refractivity contribution < 1.29 is 5.11 Å². The Morgan fingerprint density at radius 3 is 2.61 bits per heavy atom. The quantitative estimate of drug-likeness (QED) is 0.776. The number of piperidine rings is 1. The van der Waals surface area contributed by atoms with E-state index in [9.17, 15) is 5.11 Å². The monoisotopic (exact) mass is 376 g/mol. The highest BCUT2D eigenvalue weighted by molar-refractivity contribution is 5.59. The van der Waals surface area contributed by atoms with Crippen LogP contribution in [-0.4, -0.2) is 30.8 Å². The van der Waals surface area contributed by atoms with Crippen LogP contribution in [0, 0.1) is 0 Å². The molecule has 3 atom stereocenters. The van der Waals surface area contributed by atoms with Gasteiger partial charge in [0.15, 0.2) is 0 Å². The van der Waals surface area contributed by atoms with Crippen molar-refractivity contribution in [3.8, 4) is 0 Å². The molecule has 0 radical (unpaired) electrons. The van der Waals surface area contributed by atoms with Gasteiger partial charge in [0.1, 0.15) is 0 Å². The molecule has 4 rings (SSSR count). The summed E-state index contributed by atoms with van der Waals surface area (Å²) in [6.07, 6.45) is 7.19. The summed E-state index contributed by atoms with van der Waals surface area (Å²) in [5.41, 5.74) is 6.32. The van der Waals surface area contributed by atoms with Gasteiger partial charge in [0.05, 0.1) is 12.1 Å². The zero-order valence-corrected chi connectivity index (χ0v) is 17.1. The van der Waals surface area contributed by atoms with Gasteiger partial charge in [-0.25, -0.2) is 0 Å². The Morgan fingerprint density at radius 2 is 1.89 bits per heavy atom. The maximum atomic E-state index is 11.2. The van der Waals surface area contributed by atoms with Crippen LogP contribution < -0.4 is 10.2 Å². The first-order chi connectivity index (χ1) is 13.7. The van der Waals surface area contributed by atoms with Gasteiger partial charge in [-0.2, -0.15) is 0 Å². The van der Waals surface area contributed by atoms with Crippen LogP contribution in [-0.2, 0) is 12.8 Å². The highest BCUT2D eigenvalue weighted by atomic mass is 16.3. The van der Waals surface area contributed by atoms with E-state index in [4.69, 9.17) is 0 Å². The van der Waals surface area contributed by atoms with Crippen molar-refractivity contribution in [1.82, 2.24) is 5.32 Å². The third kappa shape index (κ3) is 3.87. The lowest BCUT2D eigenvalue weighted by molar-refractivity contribution is 0.141. The highest BCUT2D eigenvalue weighted by Crippen LogP contribution is 2.36. The van der Waals surface area contributed by atoms with E-state index < -0.39 is 6.10 Å². The fraction of sp³-hybridized carbons (Fsp3) is 0.440. The van der Waals surface area contributed by atoms with E-state index >= 15 is 0 Å². The van der Waals surface area contributed by atoms with Crippen LogP contribution in [0.3, 0.4) is 0 Å². The zero-order chi connectivity index (χ0) is 19.5. The van der Waals surface area contributed by atoms with Crippen molar-refractivity contribution in [2.75, 3.05) is 18.5 Å². The zero-order valence-electron chi connectivity index (χ0n) is 17.1. The molecule has 0 aromatic heterocycles. The third-order valence-electron chi connectivity index (χ3n) is 6.39. The molecule has 1 unspecified atom stereocenters. The van der Waals surface area contributed by atoms with Gasteiger partial charge in [0.25, 0.3) is 0 Å². The molecule has 0 spiro atoms. The van der Waals surface area contributed by atoms with E-state index in [1.165, 1.54) is 35.2 Å². The van der Waals surface area contributed by atoms with E-state index in [0.29, 0.717) is 0 Å². The van der Waals surface area contributed by atoms with Crippen molar-refractivity contribution in [2.24, 2.45) is 0 Å². The number of benzene rings is 2. The maximum Gasteiger partial charge on any atom is 0.0907 e. The number of aliphatic hydroxyl groups is 1. The minimum Gasteiger partial charge on any atom is -0.387 e. The molecule has 1 fully saturated rings. The number of likely N-dealkylation sites (N-methyl/N-ethyl adjacent to an activating group) is 1. The predicted molar refractivity (Wildman–Crippen MR) is 117 cm³/mol. The van der Waals surface area contributed by atoms with Crippen LogP contribution in [0.1, 0.15) is 48.9 Å². The fourth-order valence-electron chi connectivity index (χ4n) is 4.63. The number of anilines is 1. The fourth-order valence-corrected chi connectivity index (χ4v) is 4.63. The number of rotatable bonds is 4. The van der Waals surface area contributed by atoms with Gasteiger partial charge in [0.2, 0.25) is 0 Å². The van der Waals surface area contributed by atoms with Crippen molar-refractivity contribution in [1.29, 1.82) is 0 Å². The maximum absolute atomic E-state index is 11.2. The van der Waals surface area contributed by atoms with Gasteiger partial charge in [0, 0.05) is 18.8 Å². The molecule has 2 aliphatic rings. The molecule has 148 valence electrons. The average molecular weight is 377 g/mol. The second-order valence-corrected chi connectivity index (χ2v) is 8.20. The number of nitrogens with one attached hydrogen (secondary N) is 1. The summed E-state index contributed by atoms with van der Waals surface area (Å²) in [6.45, 7) is 3.20. The number of aryl methyl sites for hydroxylation is 1. The second kappa shape index (κ2) is 8.50. The molecule has 2 heterocycles. The molecular formula is C25H32N2O. The molecule has 2 aromatic rings. The van der Waals surface area contributed by atoms with E-state index in [1.54, 1.807) is 0 Å². The Kier molecular flexibility index (Phi) is 5.84. The molecule has 0 aliphatic carbocycles. The van der Waals surface area contributed by atoms with Crippen LogP contribution in [0.4, 0.5) is 5.69 Å². The van der Waals surface area contributed by atoms with Gasteiger partial charge in [-0.3, -0.25) is 0 Å². The molecule has 2 aliphatic heterocycles. The average Bonchev–Trinajstić information content (AvgIpc) is 2.91. The topological polar surface area (TPSA) is 35.5 Å². The van der Waals surface area contributed by atoms with Crippen molar-refractivity contribution in [2.45, 2.75) is 57.2 Å². The van der Waals surface area contributed by atoms with Crippen molar-refractivity contribution >= 4 is 5.69 Å². The van der Waals surface area contributed by atoms with Crippen LogP contribution in [0.5, 0.6) is 0 Å². The normalized spacial score (nSPS) is 23.5. The lowest BCUT2D eigenvalue weighted by atomic mass is 9.90. The summed E-state index contributed by atoms with van der Waals surface area (Å²) in [6, 6.07) is 17.8. The van der Waals surface area contributed by atoms with Crippen molar-refractivity contribution in [3.63, 3.8) is 0 Å². The number of aliphatic hydroxyl groups excluding tert-OH is 1. The summed E-state index contributed by atoms with van der Waals surface area (Å²) in [4.78, 5) is 2.35. The van der Waals surface area contributed by atoms with E-state index in [-0.39, 0.29) is 12.1 Å². The minimum atomic E-state index is -0.433. The Hall–Kier alpha value is -2.10. The first kappa shape index (κ1) is 19.2. The van der Waals surface area contributed by atoms with E-state index in [2.05, 4.69) is 78.8 Å². The second-order valence-electron chi connectivity index (χ2n) is 8.20. The Morgan fingerprint density at radius 1 is 1.11 bits per heavy atom. The Bertz CT molecular complexity index is 821. The molecular weight excluding hydrogens is 344 g/mol. The number of hydrogen-bond donors (Lipinski definition) is 2. The number of hydrogen-bond acceptors (Lipinski definition) is 3. The van der Waals surface area contributed by atoms with Crippen LogP contribution in [0.25, 0.3) is 0 Å². The number of para-hydroxylation sites is 1. The standard InChI is InChI=1S/C25H32N2O/c1-3-18-11-13-19(14-12-18)24-17-21(25(28)22-9-6-7-15-26-22)16-20-8-4-5-10-23(20)27(24)2/h4-5,8,10-14,17,22,24-26,28H,3,6-7,9,15-16H2,1-2H3/t22-,24?,25-/m0/s1. The first-order valence-electron chi connectivity index (χ1n) is 10.7. The SMILES string of the molecule is CCc1ccc(C2C=C([C@H](O)[C@@H]3CCCCN3)Cc3ccccc3N2C)cc1. The summed E-state index contributed by atoms with van der Waals surface area (Å²) >= 11 is 0. The third-order valence-corrected chi connectivity index (χ3v) is 6.39. The van der Waals surface area contributed by atoms with E-state index in [0.717, 1.165) is 31.4 Å². The van der Waals surface area contributed by atoms with Gasteiger partial charge < -0.3 is 15.3 Å². The van der Waals surface area contributed by atoms with E-state index in [1.807, 2.05) is 0 Å². The molecule has 0 bridgehead atoms. The molecule has 3 heteroatoms. The van der Waals surface area contributed by atoms with Crippen molar-refractivity contribution in [3.05, 3.63) is 76.9 Å². The molecule has 0 saturated carbocycles. The Balaban J connectivity index is 1.73.